The van der Waals surface area contributed by atoms with Crippen molar-refractivity contribution in [2.45, 2.75) is 34.6 Å². The lowest BCUT2D eigenvalue weighted by Gasteiger charge is -2.11. The minimum Gasteiger partial charge on any atom is -0.333 e. The van der Waals surface area contributed by atoms with Crippen LogP contribution in [-0.4, -0.2) is 19.6 Å². The number of hydrogen-bond acceptors (Lipinski definition) is 3. The molecule has 2 aromatic carbocycles. The summed E-state index contributed by atoms with van der Waals surface area (Å²) in [6.45, 7) is 17.5. The lowest BCUT2D eigenvalue weighted by atomic mass is 9.96. The lowest BCUT2D eigenvalue weighted by molar-refractivity contribution is 1.34. The third-order valence-corrected chi connectivity index (χ3v) is 4.19. The number of aliphatic imine (C=N–C) groups is 2. The molecule has 0 aliphatic heterocycles. The second kappa shape index (κ2) is 15.3. The summed E-state index contributed by atoms with van der Waals surface area (Å²) in [5, 5.41) is 8.97. The molecule has 0 atom stereocenters. The highest BCUT2D eigenvalue weighted by atomic mass is 14.9. The number of allylic oxidation sites excluding steroid dienone is 3. The third kappa shape index (κ3) is 8.00. The minimum atomic E-state index is 0.539. The van der Waals surface area contributed by atoms with Gasteiger partial charge in [0.25, 0.3) is 0 Å². The summed E-state index contributed by atoms with van der Waals surface area (Å²) in [4.78, 5) is 8.77. The molecule has 31 heavy (non-hydrogen) atoms. The predicted octanol–water partition coefficient (Wildman–Crippen LogP) is 6.86. The molecule has 0 aliphatic carbocycles. The summed E-state index contributed by atoms with van der Waals surface area (Å²) in [5.41, 5.74) is 11.2. The standard InChI is InChI=1S/C24H23N3.C2H6.CH5N/c1-6-8-9-20(7-2)24(26-5)27-23-15-17(3)22(14-18(23)4)21-12-10-19(16-25)11-13-21;2*1-2/h6-15H,2,5H2,1,3-4H3;1-2H3;2H2,1H3/b8-6-,20-9+,27-24?;;. The fourth-order valence-electron chi connectivity index (χ4n) is 2.70. The third-order valence-electron chi connectivity index (χ3n) is 4.19. The van der Waals surface area contributed by atoms with E-state index < -0.39 is 0 Å². The van der Waals surface area contributed by atoms with Gasteiger partial charge in [-0.1, -0.05) is 56.9 Å². The fraction of sp³-hybridized carbons (Fsp3) is 0.222. The number of rotatable bonds is 5. The van der Waals surface area contributed by atoms with Gasteiger partial charge >= 0.3 is 0 Å². The fourth-order valence-corrected chi connectivity index (χ4v) is 2.70. The Morgan fingerprint density at radius 2 is 1.68 bits per heavy atom. The van der Waals surface area contributed by atoms with Crippen molar-refractivity contribution < 1.29 is 0 Å². The average Bonchev–Trinajstić information content (AvgIpc) is 2.83. The van der Waals surface area contributed by atoms with Gasteiger partial charge in [-0.05, 0) is 81.1 Å². The predicted molar refractivity (Wildman–Crippen MR) is 137 cm³/mol. The average molecular weight is 415 g/mol. The molecule has 0 aliphatic rings. The summed E-state index contributed by atoms with van der Waals surface area (Å²) in [5.74, 6) is 0.539. The maximum absolute atomic E-state index is 8.97. The summed E-state index contributed by atoms with van der Waals surface area (Å²) in [7, 11) is 1.50. The number of nitriles is 1. The van der Waals surface area contributed by atoms with Crippen LogP contribution in [0.4, 0.5) is 5.69 Å². The molecule has 0 amide bonds. The van der Waals surface area contributed by atoms with E-state index in [1.165, 1.54) is 7.05 Å². The first-order valence-electron chi connectivity index (χ1n) is 10.2. The van der Waals surface area contributed by atoms with Crippen molar-refractivity contribution in [2.75, 3.05) is 7.05 Å². The van der Waals surface area contributed by atoms with Crippen molar-refractivity contribution in [1.29, 1.82) is 5.26 Å². The summed E-state index contributed by atoms with van der Waals surface area (Å²) in [6, 6.07) is 13.9. The Labute approximate surface area is 187 Å². The van der Waals surface area contributed by atoms with Crippen molar-refractivity contribution in [2.24, 2.45) is 15.7 Å². The van der Waals surface area contributed by atoms with Gasteiger partial charge in [0.1, 0.15) is 0 Å². The van der Waals surface area contributed by atoms with Crippen LogP contribution in [0.3, 0.4) is 0 Å². The van der Waals surface area contributed by atoms with E-state index >= 15 is 0 Å². The quantitative estimate of drug-likeness (QED) is 0.329. The largest absolute Gasteiger partial charge is 0.333 e. The molecule has 0 heterocycles. The maximum atomic E-state index is 8.97. The minimum absolute atomic E-state index is 0.539. The Balaban J connectivity index is 0.00000212. The second-order valence-electron chi connectivity index (χ2n) is 6.09. The molecule has 2 N–H and O–H groups in total. The van der Waals surface area contributed by atoms with Crippen LogP contribution in [0.1, 0.15) is 37.5 Å². The Bertz CT molecular complexity index is 985. The molecule has 0 bridgehead atoms. The molecule has 0 radical (unpaired) electrons. The zero-order valence-corrected chi connectivity index (χ0v) is 19.6. The summed E-state index contributed by atoms with van der Waals surface area (Å²) in [6.07, 6.45) is 7.49. The zero-order chi connectivity index (χ0) is 23.8. The molecule has 0 saturated carbocycles. The molecular formula is C27H34N4. The van der Waals surface area contributed by atoms with Crippen LogP contribution in [0, 0.1) is 25.2 Å². The highest BCUT2D eigenvalue weighted by Crippen LogP contribution is 2.31. The molecule has 0 fully saturated rings. The van der Waals surface area contributed by atoms with E-state index in [1.54, 1.807) is 6.08 Å². The second-order valence-corrected chi connectivity index (χ2v) is 6.09. The molecule has 0 aromatic heterocycles. The Morgan fingerprint density at radius 3 is 2.16 bits per heavy atom. The van der Waals surface area contributed by atoms with Crippen LogP contribution in [0.25, 0.3) is 11.1 Å². The van der Waals surface area contributed by atoms with Gasteiger partial charge in [-0.15, -0.1) is 0 Å². The Kier molecular flexibility index (Phi) is 13.6. The van der Waals surface area contributed by atoms with E-state index in [2.05, 4.69) is 43.1 Å². The molecule has 0 unspecified atom stereocenters. The van der Waals surface area contributed by atoms with Crippen molar-refractivity contribution >= 4 is 18.2 Å². The normalized spacial score (nSPS) is 10.9. The van der Waals surface area contributed by atoms with Crippen molar-refractivity contribution in [1.82, 2.24) is 0 Å². The van der Waals surface area contributed by atoms with Crippen molar-refractivity contribution in [3.63, 3.8) is 0 Å². The van der Waals surface area contributed by atoms with E-state index in [0.717, 1.165) is 33.5 Å². The topological polar surface area (TPSA) is 74.5 Å². The van der Waals surface area contributed by atoms with Gasteiger partial charge < -0.3 is 5.73 Å². The first kappa shape index (κ1) is 27.5. The van der Waals surface area contributed by atoms with Gasteiger partial charge in [-0.2, -0.15) is 5.26 Å². The highest BCUT2D eigenvalue weighted by molar-refractivity contribution is 6.04. The van der Waals surface area contributed by atoms with Crippen molar-refractivity contribution in [3.8, 4) is 17.2 Å². The van der Waals surface area contributed by atoms with E-state index in [0.29, 0.717) is 11.4 Å². The zero-order valence-electron chi connectivity index (χ0n) is 19.6. The molecule has 2 rings (SSSR count). The highest BCUT2D eigenvalue weighted by Gasteiger charge is 2.08. The van der Waals surface area contributed by atoms with Crippen LogP contribution in [0.2, 0.25) is 0 Å². The van der Waals surface area contributed by atoms with Gasteiger partial charge in [0, 0.05) is 5.57 Å². The van der Waals surface area contributed by atoms with E-state index in [4.69, 9.17) is 10.3 Å². The van der Waals surface area contributed by atoms with Gasteiger partial charge in [-0.25, -0.2) is 9.98 Å². The smallest absolute Gasteiger partial charge is 0.159 e. The van der Waals surface area contributed by atoms with Crippen LogP contribution in [0.15, 0.2) is 82.8 Å². The number of aryl methyl sites for hydroxylation is 2. The molecule has 162 valence electrons. The summed E-state index contributed by atoms with van der Waals surface area (Å²) < 4.78 is 0. The summed E-state index contributed by atoms with van der Waals surface area (Å²) >= 11 is 0. The monoisotopic (exact) mass is 414 g/mol. The number of nitrogens with zero attached hydrogens (tertiary/aromatic N) is 3. The number of hydrogen-bond donors (Lipinski definition) is 1. The molecule has 0 saturated heterocycles. The van der Waals surface area contributed by atoms with Gasteiger partial charge in [0.05, 0.1) is 17.3 Å². The number of benzene rings is 2. The van der Waals surface area contributed by atoms with Gasteiger partial charge in [0.15, 0.2) is 5.84 Å². The van der Waals surface area contributed by atoms with Gasteiger partial charge in [0.2, 0.25) is 0 Å². The first-order chi connectivity index (χ1) is 15.0. The van der Waals surface area contributed by atoms with E-state index in [1.807, 2.05) is 76.3 Å². The van der Waals surface area contributed by atoms with Crippen LogP contribution < -0.4 is 5.73 Å². The number of nitrogens with two attached hydrogens (primary N) is 1. The van der Waals surface area contributed by atoms with Gasteiger partial charge in [-0.3, -0.25) is 0 Å². The molecular weight excluding hydrogens is 380 g/mol. The van der Waals surface area contributed by atoms with E-state index in [9.17, 15) is 0 Å². The molecule has 4 nitrogen and oxygen atoms in total. The van der Waals surface area contributed by atoms with Crippen LogP contribution in [0.5, 0.6) is 0 Å². The van der Waals surface area contributed by atoms with Crippen LogP contribution in [-0.2, 0) is 0 Å². The van der Waals surface area contributed by atoms with Crippen molar-refractivity contribution in [3.05, 3.63) is 89.5 Å². The Morgan fingerprint density at radius 1 is 1.06 bits per heavy atom. The molecule has 4 heteroatoms. The SMILES string of the molecule is C=C/C(=C\C=C/C)C(N=C)=Nc1cc(C)c(-c2ccc(C#N)cc2)cc1C.CC.CN. The van der Waals surface area contributed by atoms with Crippen LogP contribution >= 0.6 is 0 Å². The lowest BCUT2D eigenvalue weighted by Crippen LogP contribution is -1.97. The maximum Gasteiger partial charge on any atom is 0.159 e. The first-order valence-corrected chi connectivity index (χ1v) is 10.2. The molecule has 2 aromatic rings. The molecule has 0 spiro atoms. The van der Waals surface area contributed by atoms with E-state index in [-0.39, 0.29) is 0 Å². The Hall–Kier alpha value is -3.55. The number of amidine groups is 1.